The second-order valence-electron chi connectivity index (χ2n) is 4.89. The van der Waals surface area contributed by atoms with Gasteiger partial charge in [-0.05, 0) is 10.8 Å². The van der Waals surface area contributed by atoms with E-state index in [1.807, 2.05) is 0 Å². The van der Waals surface area contributed by atoms with Crippen molar-refractivity contribution in [3.63, 3.8) is 0 Å². The summed E-state index contributed by atoms with van der Waals surface area (Å²) in [6.07, 6.45) is 0.660. The monoisotopic (exact) mass is 356 g/mol. The first kappa shape index (κ1) is 16.7. The van der Waals surface area contributed by atoms with Crippen LogP contribution in [0.5, 0.6) is 0 Å². The summed E-state index contributed by atoms with van der Waals surface area (Å²) < 4.78 is 7.06. The van der Waals surface area contributed by atoms with Crippen LogP contribution in [0, 0.1) is 0 Å². The minimum atomic E-state index is -1.18. The number of nitrogens with zero attached hydrogens (tertiary/aromatic N) is 4. The van der Waals surface area contributed by atoms with Crippen LogP contribution < -0.4 is 0 Å². The summed E-state index contributed by atoms with van der Waals surface area (Å²) in [5, 5.41) is 29.9. The summed E-state index contributed by atoms with van der Waals surface area (Å²) in [7, 11) is 3.04. The minimum absolute atomic E-state index is 0.379. The highest BCUT2D eigenvalue weighted by Gasteiger charge is 2.44. The number of imidazole rings is 1. The molecule has 23 heavy (non-hydrogen) atoms. The summed E-state index contributed by atoms with van der Waals surface area (Å²) in [4.78, 5) is 12.7. The Balaban J connectivity index is 1.91. The Morgan fingerprint density at radius 1 is 1.30 bits per heavy atom. The molecule has 4 atom stereocenters. The molecule has 8 nitrogen and oxygen atoms in total. The molecule has 124 valence electrons. The summed E-state index contributed by atoms with van der Waals surface area (Å²) in [6.45, 7) is 3.29. The molecular weight excluding hydrogens is 340 g/mol. The van der Waals surface area contributed by atoms with Crippen molar-refractivity contribution in [2.24, 2.45) is 0 Å². The van der Waals surface area contributed by atoms with Gasteiger partial charge in [0.1, 0.15) is 35.2 Å². The van der Waals surface area contributed by atoms with Crippen molar-refractivity contribution >= 4 is 32.8 Å². The van der Waals surface area contributed by atoms with Crippen LogP contribution >= 0.6 is 21.6 Å². The van der Waals surface area contributed by atoms with E-state index in [1.165, 1.54) is 23.4 Å². The van der Waals surface area contributed by atoms with E-state index in [4.69, 9.17) is 4.74 Å². The lowest BCUT2D eigenvalue weighted by Gasteiger charge is -2.16. The first-order valence-corrected chi connectivity index (χ1v) is 9.19. The molecule has 0 saturated carbocycles. The van der Waals surface area contributed by atoms with Gasteiger partial charge in [0.05, 0.1) is 12.9 Å². The summed E-state index contributed by atoms with van der Waals surface area (Å²) in [5.41, 5.74) is 1.09. The Morgan fingerprint density at radius 2 is 2.13 bits per heavy atom. The maximum absolute atomic E-state index is 10.1. The average Bonchev–Trinajstić information content (AvgIpc) is 3.11. The number of rotatable bonds is 6. The number of aliphatic hydroxyl groups excluding tert-OH is 3. The predicted molar refractivity (Wildman–Crippen MR) is 86.8 cm³/mol. The van der Waals surface area contributed by atoms with Crippen molar-refractivity contribution in [3.05, 3.63) is 25.3 Å². The molecule has 0 aromatic carbocycles. The van der Waals surface area contributed by atoms with Gasteiger partial charge in [-0.1, -0.05) is 16.9 Å². The van der Waals surface area contributed by atoms with Crippen LogP contribution in [0.3, 0.4) is 0 Å². The zero-order valence-corrected chi connectivity index (χ0v) is 13.7. The zero-order chi connectivity index (χ0) is 16.4. The highest BCUT2D eigenvalue weighted by molar-refractivity contribution is 8.76. The van der Waals surface area contributed by atoms with Crippen LogP contribution in [0.2, 0.25) is 0 Å². The number of hydrogen-bond donors (Lipinski definition) is 3. The Hall–Kier alpha value is -1.17. The molecule has 1 saturated heterocycles. The summed E-state index contributed by atoms with van der Waals surface area (Å²) >= 11 is 0. The fourth-order valence-corrected chi connectivity index (χ4v) is 4.11. The van der Waals surface area contributed by atoms with Crippen LogP contribution in [-0.2, 0) is 4.74 Å². The Kier molecular flexibility index (Phi) is 5.19. The molecule has 0 amide bonds. The Morgan fingerprint density at radius 3 is 2.83 bits per heavy atom. The van der Waals surface area contributed by atoms with Gasteiger partial charge >= 0.3 is 0 Å². The van der Waals surface area contributed by atoms with Crippen LogP contribution in [0.25, 0.3) is 11.2 Å². The molecule has 0 aliphatic carbocycles. The van der Waals surface area contributed by atoms with Crippen molar-refractivity contribution in [2.75, 3.05) is 12.4 Å². The molecule has 1 aliphatic rings. The number of hydrogen-bond acceptors (Lipinski definition) is 9. The SMILES string of the molecule is C=CCSSc1ncnc2c1ncn2[C@H]1O[C@@H](CO)[C@H](O)[C@@H]1O. The highest BCUT2D eigenvalue weighted by atomic mass is 33.1. The fraction of sp³-hybridized carbons (Fsp3) is 0.462. The lowest BCUT2D eigenvalue weighted by Crippen LogP contribution is -2.33. The van der Waals surface area contributed by atoms with E-state index in [1.54, 1.807) is 21.4 Å². The summed E-state index contributed by atoms with van der Waals surface area (Å²) in [5.74, 6) is 0.770. The minimum Gasteiger partial charge on any atom is -0.394 e. The second kappa shape index (κ2) is 7.16. The number of aliphatic hydroxyl groups is 3. The van der Waals surface area contributed by atoms with Gasteiger partial charge in [-0.3, -0.25) is 4.57 Å². The molecule has 0 unspecified atom stereocenters. The van der Waals surface area contributed by atoms with Crippen LogP contribution in [0.1, 0.15) is 6.23 Å². The molecule has 2 aromatic rings. The first-order chi connectivity index (χ1) is 11.2. The second-order valence-corrected chi connectivity index (χ2v) is 7.22. The van der Waals surface area contributed by atoms with E-state index in [0.29, 0.717) is 16.2 Å². The smallest absolute Gasteiger partial charge is 0.166 e. The highest BCUT2D eigenvalue weighted by Crippen LogP contribution is 2.35. The van der Waals surface area contributed by atoms with Crippen molar-refractivity contribution in [3.8, 4) is 0 Å². The average molecular weight is 356 g/mol. The van der Waals surface area contributed by atoms with Crippen molar-refractivity contribution < 1.29 is 20.1 Å². The molecule has 10 heteroatoms. The third-order valence-electron chi connectivity index (χ3n) is 3.44. The van der Waals surface area contributed by atoms with Crippen molar-refractivity contribution in [1.82, 2.24) is 19.5 Å². The number of fused-ring (bicyclic) bond motifs is 1. The quantitative estimate of drug-likeness (QED) is 0.292. The normalized spacial score (nSPS) is 27.6. The molecule has 2 aromatic heterocycles. The topological polar surface area (TPSA) is 114 Å². The van der Waals surface area contributed by atoms with E-state index < -0.39 is 24.5 Å². The molecule has 0 bridgehead atoms. The summed E-state index contributed by atoms with van der Waals surface area (Å²) in [6, 6.07) is 0. The van der Waals surface area contributed by atoms with Crippen molar-refractivity contribution in [1.29, 1.82) is 0 Å². The van der Waals surface area contributed by atoms with Gasteiger partial charge < -0.3 is 20.1 Å². The van der Waals surface area contributed by atoms with Gasteiger partial charge in [0.15, 0.2) is 11.9 Å². The number of aromatic nitrogens is 4. The fourth-order valence-electron chi connectivity index (χ4n) is 2.33. The van der Waals surface area contributed by atoms with Gasteiger partial charge in [-0.2, -0.15) is 0 Å². The first-order valence-electron chi connectivity index (χ1n) is 6.87. The molecule has 3 N–H and O–H groups in total. The molecular formula is C13H16N4O4S2. The third-order valence-corrected chi connectivity index (χ3v) is 5.62. The van der Waals surface area contributed by atoms with Crippen LogP contribution in [0.15, 0.2) is 30.3 Å². The van der Waals surface area contributed by atoms with E-state index in [2.05, 4.69) is 21.5 Å². The van der Waals surface area contributed by atoms with Crippen molar-refractivity contribution in [2.45, 2.75) is 29.6 Å². The molecule has 1 aliphatic heterocycles. The standard InChI is InChI=1S/C13H16N4O4S2/c1-2-3-22-23-12-8-11(14-5-15-12)17(6-16-8)13-10(20)9(19)7(4-18)21-13/h2,5-7,9-10,13,18-20H,1,3-4H2/t7-,9-,10-,13-/m0/s1. The molecule has 0 spiro atoms. The molecule has 1 fully saturated rings. The molecule has 0 radical (unpaired) electrons. The van der Waals surface area contributed by atoms with E-state index in [0.717, 1.165) is 5.75 Å². The van der Waals surface area contributed by atoms with Gasteiger partial charge in [0.25, 0.3) is 0 Å². The van der Waals surface area contributed by atoms with E-state index in [9.17, 15) is 15.3 Å². The van der Waals surface area contributed by atoms with Gasteiger partial charge in [-0.25, -0.2) is 15.0 Å². The van der Waals surface area contributed by atoms with Gasteiger partial charge in [0, 0.05) is 5.75 Å². The van der Waals surface area contributed by atoms with Crippen LogP contribution in [-0.4, -0.2) is 65.5 Å². The molecule has 3 heterocycles. The maximum atomic E-state index is 10.1. The lowest BCUT2D eigenvalue weighted by molar-refractivity contribution is -0.0511. The third kappa shape index (κ3) is 3.10. The van der Waals surface area contributed by atoms with Gasteiger partial charge in [0.2, 0.25) is 0 Å². The Labute approximate surface area is 140 Å². The Bertz CT molecular complexity index is 698. The van der Waals surface area contributed by atoms with Crippen LogP contribution in [0.4, 0.5) is 0 Å². The number of ether oxygens (including phenoxy) is 1. The van der Waals surface area contributed by atoms with Gasteiger partial charge in [-0.15, -0.1) is 6.58 Å². The van der Waals surface area contributed by atoms with E-state index in [-0.39, 0.29) is 6.61 Å². The maximum Gasteiger partial charge on any atom is 0.166 e. The lowest BCUT2D eigenvalue weighted by atomic mass is 10.1. The van der Waals surface area contributed by atoms with E-state index >= 15 is 0 Å². The molecule has 3 rings (SSSR count). The largest absolute Gasteiger partial charge is 0.394 e. The zero-order valence-electron chi connectivity index (χ0n) is 12.0. The predicted octanol–water partition coefficient (Wildman–Crippen LogP) is 0.364.